The summed E-state index contributed by atoms with van der Waals surface area (Å²) in [5.41, 5.74) is 7.44. The van der Waals surface area contributed by atoms with E-state index in [9.17, 15) is 0 Å². The van der Waals surface area contributed by atoms with Gasteiger partial charge in [0.1, 0.15) is 5.75 Å². The molecule has 1 fully saturated rings. The summed E-state index contributed by atoms with van der Waals surface area (Å²) in [6.45, 7) is 6.86. The van der Waals surface area contributed by atoms with E-state index in [0.29, 0.717) is 24.0 Å². The van der Waals surface area contributed by atoms with E-state index in [0.717, 1.165) is 11.3 Å². The quantitative estimate of drug-likeness (QED) is 0.855. The van der Waals surface area contributed by atoms with Crippen LogP contribution in [0.3, 0.4) is 0 Å². The lowest BCUT2D eigenvalue weighted by Gasteiger charge is -2.26. The van der Waals surface area contributed by atoms with Gasteiger partial charge in [-0.2, -0.15) is 0 Å². The predicted molar refractivity (Wildman–Crippen MR) is 80.9 cm³/mol. The molecule has 0 radical (unpaired) electrons. The van der Waals surface area contributed by atoms with Crippen LogP contribution >= 0.6 is 0 Å². The summed E-state index contributed by atoms with van der Waals surface area (Å²) in [6, 6.07) is 5.63. The van der Waals surface area contributed by atoms with Crippen molar-refractivity contribution in [3.63, 3.8) is 0 Å². The number of rotatable bonds is 5. The van der Waals surface area contributed by atoms with Gasteiger partial charge in [0.2, 0.25) is 0 Å². The molecule has 0 aliphatic heterocycles. The maximum atomic E-state index is 6.16. The van der Waals surface area contributed by atoms with Gasteiger partial charge < -0.3 is 10.5 Å². The Morgan fingerprint density at radius 2 is 2.14 bits per heavy atom. The van der Waals surface area contributed by atoms with Crippen LogP contribution in [0.4, 0.5) is 5.69 Å². The van der Waals surface area contributed by atoms with Crippen LogP contribution in [-0.2, 0) is 5.54 Å². The first-order valence-electron chi connectivity index (χ1n) is 7.36. The lowest BCUT2D eigenvalue weighted by molar-refractivity contribution is 0.271. The molecule has 0 atom stereocenters. The van der Waals surface area contributed by atoms with Crippen molar-refractivity contribution in [2.45, 2.75) is 39.2 Å². The molecule has 0 amide bonds. The molecule has 2 aromatic rings. The van der Waals surface area contributed by atoms with E-state index in [2.05, 4.69) is 29.4 Å². The van der Waals surface area contributed by atoms with Crippen molar-refractivity contribution in [2.24, 2.45) is 5.92 Å². The van der Waals surface area contributed by atoms with Gasteiger partial charge in [-0.1, -0.05) is 6.07 Å². The van der Waals surface area contributed by atoms with Gasteiger partial charge in [0.05, 0.1) is 17.7 Å². The van der Waals surface area contributed by atoms with E-state index in [1.165, 1.54) is 12.8 Å². The second kappa shape index (κ2) is 5.02. The van der Waals surface area contributed by atoms with Crippen LogP contribution in [0.15, 0.2) is 18.2 Å². The SMILES string of the molecule is CCOc1cccc(N)c1-c1nnnn1C(C)(C)C1CC1. The summed E-state index contributed by atoms with van der Waals surface area (Å²) in [4.78, 5) is 0. The molecule has 1 saturated carbocycles. The molecule has 1 aromatic carbocycles. The third kappa shape index (κ3) is 2.34. The molecular formula is C15H21N5O. The van der Waals surface area contributed by atoms with E-state index in [-0.39, 0.29) is 5.54 Å². The zero-order valence-corrected chi connectivity index (χ0v) is 12.7. The van der Waals surface area contributed by atoms with Crippen LogP contribution < -0.4 is 10.5 Å². The largest absolute Gasteiger partial charge is 0.493 e. The first kappa shape index (κ1) is 13.9. The lowest BCUT2D eigenvalue weighted by Crippen LogP contribution is -2.31. The Balaban J connectivity index is 2.12. The fraction of sp³-hybridized carbons (Fsp3) is 0.533. The topological polar surface area (TPSA) is 78.8 Å². The molecule has 3 rings (SSSR count). The van der Waals surface area contributed by atoms with Crippen LogP contribution in [0.25, 0.3) is 11.4 Å². The molecule has 112 valence electrons. The third-order valence-corrected chi connectivity index (χ3v) is 4.17. The molecule has 1 aliphatic rings. The summed E-state index contributed by atoms with van der Waals surface area (Å²) in [5, 5.41) is 12.3. The monoisotopic (exact) mass is 287 g/mol. The van der Waals surface area contributed by atoms with Gasteiger partial charge in [0.15, 0.2) is 5.82 Å². The minimum Gasteiger partial charge on any atom is -0.493 e. The second-order valence-corrected chi connectivity index (χ2v) is 6.00. The first-order chi connectivity index (χ1) is 10.1. The fourth-order valence-electron chi connectivity index (χ4n) is 2.76. The number of tetrazole rings is 1. The van der Waals surface area contributed by atoms with Crippen molar-refractivity contribution in [3.8, 4) is 17.1 Å². The third-order valence-electron chi connectivity index (χ3n) is 4.17. The summed E-state index contributed by atoms with van der Waals surface area (Å²) < 4.78 is 7.58. The fourth-order valence-corrected chi connectivity index (χ4v) is 2.76. The molecule has 6 nitrogen and oxygen atoms in total. The van der Waals surface area contributed by atoms with E-state index < -0.39 is 0 Å². The normalized spacial score (nSPS) is 15.2. The van der Waals surface area contributed by atoms with E-state index in [1.54, 1.807) is 0 Å². The molecule has 0 spiro atoms. The van der Waals surface area contributed by atoms with Crippen LogP contribution in [0, 0.1) is 5.92 Å². The Labute approximate surface area is 124 Å². The van der Waals surface area contributed by atoms with Crippen molar-refractivity contribution < 1.29 is 4.74 Å². The second-order valence-electron chi connectivity index (χ2n) is 6.00. The first-order valence-corrected chi connectivity index (χ1v) is 7.36. The van der Waals surface area contributed by atoms with Crippen LogP contribution in [0.1, 0.15) is 33.6 Å². The van der Waals surface area contributed by atoms with Crippen molar-refractivity contribution in [1.29, 1.82) is 0 Å². The molecule has 1 aliphatic carbocycles. The Hall–Kier alpha value is -2.11. The van der Waals surface area contributed by atoms with Crippen molar-refractivity contribution >= 4 is 5.69 Å². The Kier molecular flexibility index (Phi) is 3.31. The van der Waals surface area contributed by atoms with Crippen molar-refractivity contribution in [3.05, 3.63) is 18.2 Å². The zero-order valence-electron chi connectivity index (χ0n) is 12.7. The molecule has 0 bridgehead atoms. The number of hydrogen-bond acceptors (Lipinski definition) is 5. The number of hydrogen-bond donors (Lipinski definition) is 1. The highest BCUT2D eigenvalue weighted by Crippen LogP contribution is 2.45. The molecule has 0 unspecified atom stereocenters. The maximum absolute atomic E-state index is 6.16. The highest BCUT2D eigenvalue weighted by Gasteiger charge is 2.42. The summed E-state index contributed by atoms with van der Waals surface area (Å²) in [7, 11) is 0. The standard InChI is InChI=1S/C15H21N5O/c1-4-21-12-7-5-6-11(16)13(12)14-17-18-19-20(14)15(2,3)10-8-9-10/h5-7,10H,4,8-9,16H2,1-3H3. The van der Waals surface area contributed by atoms with Crippen LogP contribution in [0.5, 0.6) is 5.75 Å². The summed E-state index contributed by atoms with van der Waals surface area (Å²) >= 11 is 0. The molecule has 0 saturated heterocycles. The van der Waals surface area contributed by atoms with Gasteiger partial charge >= 0.3 is 0 Å². The summed E-state index contributed by atoms with van der Waals surface area (Å²) in [6.07, 6.45) is 2.43. The molecular weight excluding hydrogens is 266 g/mol. The number of nitrogens with two attached hydrogens (primary N) is 1. The van der Waals surface area contributed by atoms with E-state index in [1.807, 2.05) is 29.8 Å². The molecule has 21 heavy (non-hydrogen) atoms. The number of aromatic nitrogens is 4. The number of nitrogens with zero attached hydrogens (tertiary/aromatic N) is 4. The number of ether oxygens (including phenoxy) is 1. The average Bonchev–Trinajstić information content (AvgIpc) is 3.19. The summed E-state index contributed by atoms with van der Waals surface area (Å²) in [5.74, 6) is 2.01. The van der Waals surface area contributed by atoms with Crippen molar-refractivity contribution in [2.75, 3.05) is 12.3 Å². The maximum Gasteiger partial charge on any atom is 0.188 e. The molecule has 6 heteroatoms. The van der Waals surface area contributed by atoms with Gasteiger partial charge in [-0.05, 0) is 62.1 Å². The number of nitrogen functional groups attached to an aromatic ring is 1. The van der Waals surface area contributed by atoms with Gasteiger partial charge in [0, 0.05) is 5.69 Å². The highest BCUT2D eigenvalue weighted by molar-refractivity contribution is 5.77. The Morgan fingerprint density at radius 1 is 1.38 bits per heavy atom. The average molecular weight is 287 g/mol. The minimum atomic E-state index is -0.120. The Morgan fingerprint density at radius 3 is 2.81 bits per heavy atom. The van der Waals surface area contributed by atoms with Gasteiger partial charge in [-0.15, -0.1) is 5.10 Å². The zero-order chi connectivity index (χ0) is 15.0. The number of benzene rings is 1. The predicted octanol–water partition coefficient (Wildman–Crippen LogP) is 2.47. The van der Waals surface area contributed by atoms with E-state index >= 15 is 0 Å². The van der Waals surface area contributed by atoms with Gasteiger partial charge in [-0.25, -0.2) is 4.68 Å². The molecule has 1 heterocycles. The highest BCUT2D eigenvalue weighted by atomic mass is 16.5. The molecule has 1 aromatic heterocycles. The smallest absolute Gasteiger partial charge is 0.188 e. The minimum absolute atomic E-state index is 0.120. The lowest BCUT2D eigenvalue weighted by atomic mass is 9.98. The molecule has 2 N–H and O–H groups in total. The van der Waals surface area contributed by atoms with Crippen LogP contribution in [0.2, 0.25) is 0 Å². The Bertz CT molecular complexity index is 645. The van der Waals surface area contributed by atoms with Crippen molar-refractivity contribution in [1.82, 2.24) is 20.2 Å². The van der Waals surface area contributed by atoms with Gasteiger partial charge in [0.25, 0.3) is 0 Å². The van der Waals surface area contributed by atoms with Crippen LogP contribution in [-0.4, -0.2) is 26.8 Å². The van der Waals surface area contributed by atoms with E-state index in [4.69, 9.17) is 10.5 Å². The van der Waals surface area contributed by atoms with Gasteiger partial charge in [-0.3, -0.25) is 0 Å². The number of anilines is 1.